The number of rotatable bonds is 2. The van der Waals surface area contributed by atoms with E-state index >= 15 is 0 Å². The second-order valence-corrected chi connectivity index (χ2v) is 4.16. The van der Waals surface area contributed by atoms with Crippen LogP contribution < -0.4 is 0 Å². The third-order valence-corrected chi connectivity index (χ3v) is 2.37. The van der Waals surface area contributed by atoms with E-state index < -0.39 is 0 Å². The number of carbonyl (C=O) groups is 2. The first-order valence-corrected chi connectivity index (χ1v) is 4.75. The molecule has 1 aliphatic carbocycles. The van der Waals surface area contributed by atoms with Crippen molar-refractivity contribution >= 4 is 11.6 Å². The summed E-state index contributed by atoms with van der Waals surface area (Å²) in [5.41, 5.74) is 1.53. The van der Waals surface area contributed by atoms with Crippen molar-refractivity contribution < 1.29 is 9.59 Å². The molecular formula is C11H16O2. The van der Waals surface area contributed by atoms with E-state index in [0.29, 0.717) is 0 Å². The number of ketones is 2. The van der Waals surface area contributed by atoms with Gasteiger partial charge < -0.3 is 0 Å². The lowest BCUT2D eigenvalue weighted by atomic mass is 9.92. The van der Waals surface area contributed by atoms with E-state index in [1.165, 1.54) is 0 Å². The Morgan fingerprint density at radius 1 is 0.846 bits per heavy atom. The second-order valence-electron chi connectivity index (χ2n) is 4.16. The molecule has 0 radical (unpaired) electrons. The van der Waals surface area contributed by atoms with Crippen LogP contribution in [-0.2, 0) is 9.59 Å². The number of carbonyl (C=O) groups excluding carboxylic acids is 2. The molecule has 0 fully saturated rings. The summed E-state index contributed by atoms with van der Waals surface area (Å²) in [7, 11) is 0. The van der Waals surface area contributed by atoms with Gasteiger partial charge in [0.15, 0.2) is 11.6 Å². The smallest absolute Gasteiger partial charge is 0.167 e. The molecule has 0 amide bonds. The molecule has 0 N–H and O–H groups in total. The minimum atomic E-state index is 0.0312. The topological polar surface area (TPSA) is 34.1 Å². The molecule has 0 heterocycles. The van der Waals surface area contributed by atoms with Gasteiger partial charge in [0.25, 0.3) is 0 Å². The van der Waals surface area contributed by atoms with Crippen LogP contribution in [0.3, 0.4) is 0 Å². The lowest BCUT2D eigenvalue weighted by Gasteiger charge is -2.10. The van der Waals surface area contributed by atoms with E-state index in [-0.39, 0.29) is 29.8 Å². The maximum absolute atomic E-state index is 11.5. The predicted octanol–water partition coefficient (Wildman–Crippen LogP) is 2.14. The zero-order valence-corrected chi connectivity index (χ0v) is 8.68. The molecule has 0 unspecified atom stereocenters. The van der Waals surface area contributed by atoms with Gasteiger partial charge in [-0.1, -0.05) is 27.7 Å². The fourth-order valence-corrected chi connectivity index (χ4v) is 1.90. The van der Waals surface area contributed by atoms with Gasteiger partial charge in [-0.2, -0.15) is 0 Å². The number of hydrogen-bond acceptors (Lipinski definition) is 2. The Morgan fingerprint density at radius 2 is 1.15 bits per heavy atom. The SMILES string of the molecule is CC(C)C1=C(C(C)C)C(=O)CC1=O. The summed E-state index contributed by atoms with van der Waals surface area (Å²) in [6.45, 7) is 7.87. The molecule has 2 nitrogen and oxygen atoms in total. The van der Waals surface area contributed by atoms with Crippen LogP contribution in [-0.4, -0.2) is 11.6 Å². The Hall–Kier alpha value is -0.920. The van der Waals surface area contributed by atoms with E-state index in [9.17, 15) is 9.59 Å². The van der Waals surface area contributed by atoms with Crippen molar-refractivity contribution in [1.82, 2.24) is 0 Å². The first-order chi connectivity index (χ1) is 5.95. The van der Waals surface area contributed by atoms with E-state index in [1.807, 2.05) is 27.7 Å². The Kier molecular flexibility index (Phi) is 2.69. The fourth-order valence-electron chi connectivity index (χ4n) is 1.90. The second kappa shape index (κ2) is 3.44. The molecule has 2 heteroatoms. The molecule has 0 saturated heterocycles. The van der Waals surface area contributed by atoms with Crippen molar-refractivity contribution in [2.24, 2.45) is 11.8 Å². The number of hydrogen-bond donors (Lipinski definition) is 0. The van der Waals surface area contributed by atoms with Crippen LogP contribution in [0.25, 0.3) is 0 Å². The maximum Gasteiger partial charge on any atom is 0.167 e. The highest BCUT2D eigenvalue weighted by Crippen LogP contribution is 2.30. The zero-order valence-electron chi connectivity index (χ0n) is 8.68. The number of allylic oxidation sites excluding steroid dienone is 2. The fraction of sp³-hybridized carbons (Fsp3) is 0.636. The Balaban J connectivity index is 3.18. The van der Waals surface area contributed by atoms with E-state index in [0.717, 1.165) is 11.1 Å². The van der Waals surface area contributed by atoms with E-state index in [4.69, 9.17) is 0 Å². The van der Waals surface area contributed by atoms with Gasteiger partial charge in [-0.05, 0) is 11.8 Å². The Bertz CT molecular complexity index is 254. The summed E-state index contributed by atoms with van der Waals surface area (Å²) in [6.07, 6.45) is 0.0982. The summed E-state index contributed by atoms with van der Waals surface area (Å²) in [5, 5.41) is 0. The van der Waals surface area contributed by atoms with Crippen molar-refractivity contribution in [3.63, 3.8) is 0 Å². The van der Waals surface area contributed by atoms with Crippen LogP contribution in [0.1, 0.15) is 34.1 Å². The van der Waals surface area contributed by atoms with Crippen LogP contribution >= 0.6 is 0 Å². The third-order valence-electron chi connectivity index (χ3n) is 2.37. The van der Waals surface area contributed by atoms with Crippen molar-refractivity contribution in [2.45, 2.75) is 34.1 Å². The molecular weight excluding hydrogens is 164 g/mol. The highest BCUT2D eigenvalue weighted by Gasteiger charge is 2.32. The van der Waals surface area contributed by atoms with Crippen molar-refractivity contribution in [3.8, 4) is 0 Å². The molecule has 0 aromatic heterocycles. The van der Waals surface area contributed by atoms with E-state index in [1.54, 1.807) is 0 Å². The lowest BCUT2D eigenvalue weighted by molar-refractivity contribution is -0.121. The predicted molar refractivity (Wildman–Crippen MR) is 51.3 cm³/mol. The van der Waals surface area contributed by atoms with Crippen molar-refractivity contribution in [2.75, 3.05) is 0 Å². The quantitative estimate of drug-likeness (QED) is 0.610. The average Bonchev–Trinajstić information content (AvgIpc) is 2.24. The van der Waals surface area contributed by atoms with Gasteiger partial charge in [0.05, 0.1) is 6.42 Å². The molecule has 1 rings (SSSR count). The van der Waals surface area contributed by atoms with Crippen LogP contribution in [0.2, 0.25) is 0 Å². The molecule has 0 aliphatic heterocycles. The van der Waals surface area contributed by atoms with Gasteiger partial charge in [0, 0.05) is 11.1 Å². The summed E-state index contributed by atoms with van der Waals surface area (Å²) >= 11 is 0. The lowest BCUT2D eigenvalue weighted by Crippen LogP contribution is -2.07. The normalized spacial score (nSPS) is 18.3. The van der Waals surface area contributed by atoms with Crippen molar-refractivity contribution in [1.29, 1.82) is 0 Å². The zero-order chi connectivity index (χ0) is 10.2. The highest BCUT2D eigenvalue weighted by molar-refractivity contribution is 6.22. The summed E-state index contributed by atoms with van der Waals surface area (Å²) < 4.78 is 0. The minimum absolute atomic E-state index is 0.0312. The molecule has 13 heavy (non-hydrogen) atoms. The molecule has 0 bridgehead atoms. The van der Waals surface area contributed by atoms with Crippen molar-refractivity contribution in [3.05, 3.63) is 11.1 Å². The van der Waals surface area contributed by atoms with Crippen LogP contribution in [0.15, 0.2) is 11.1 Å². The summed E-state index contributed by atoms with van der Waals surface area (Å²) in [6, 6.07) is 0. The van der Waals surface area contributed by atoms with Crippen LogP contribution in [0, 0.1) is 11.8 Å². The molecule has 1 aliphatic rings. The molecule has 0 saturated carbocycles. The number of Topliss-reactive ketones (excluding diaryl/α,β-unsaturated/α-hetero) is 2. The van der Waals surface area contributed by atoms with Gasteiger partial charge in [-0.25, -0.2) is 0 Å². The Labute approximate surface area is 79.0 Å². The minimum Gasteiger partial charge on any atom is -0.294 e. The molecule has 0 spiro atoms. The van der Waals surface area contributed by atoms with E-state index in [2.05, 4.69) is 0 Å². The summed E-state index contributed by atoms with van der Waals surface area (Å²) in [4.78, 5) is 22.9. The molecule has 72 valence electrons. The Morgan fingerprint density at radius 3 is 1.38 bits per heavy atom. The highest BCUT2D eigenvalue weighted by atomic mass is 16.2. The first-order valence-electron chi connectivity index (χ1n) is 4.75. The van der Waals surface area contributed by atoms with Gasteiger partial charge in [-0.15, -0.1) is 0 Å². The average molecular weight is 180 g/mol. The first kappa shape index (κ1) is 10.2. The van der Waals surface area contributed by atoms with Crippen LogP contribution in [0.5, 0.6) is 0 Å². The largest absolute Gasteiger partial charge is 0.294 e. The third kappa shape index (κ3) is 1.71. The van der Waals surface area contributed by atoms with Gasteiger partial charge >= 0.3 is 0 Å². The van der Waals surface area contributed by atoms with Gasteiger partial charge in [-0.3, -0.25) is 9.59 Å². The molecule has 0 aromatic carbocycles. The molecule has 0 atom stereocenters. The van der Waals surface area contributed by atoms with Gasteiger partial charge in [0.1, 0.15) is 0 Å². The summed E-state index contributed by atoms with van der Waals surface area (Å²) in [5.74, 6) is 0.417. The van der Waals surface area contributed by atoms with Gasteiger partial charge in [0.2, 0.25) is 0 Å². The van der Waals surface area contributed by atoms with Crippen LogP contribution in [0.4, 0.5) is 0 Å². The standard InChI is InChI=1S/C11H16O2/c1-6(2)10-8(12)5-9(13)11(10)7(3)4/h6-7H,5H2,1-4H3. The maximum atomic E-state index is 11.5. The monoisotopic (exact) mass is 180 g/mol. The molecule has 0 aromatic rings.